The molecule has 4 rings (SSSR count). The predicted octanol–water partition coefficient (Wildman–Crippen LogP) is 5.79. The number of methoxy groups -OCH3 is 1. The maximum Gasteiger partial charge on any atom is 0.355 e. The van der Waals surface area contributed by atoms with E-state index in [-0.39, 0.29) is 18.0 Å². The second kappa shape index (κ2) is 7.95. The minimum absolute atomic E-state index is 0.0597. The highest BCUT2D eigenvalue weighted by atomic mass is 19.1. The van der Waals surface area contributed by atoms with Crippen LogP contribution in [0.5, 0.6) is 5.75 Å². The van der Waals surface area contributed by atoms with E-state index >= 15 is 0 Å². The zero-order chi connectivity index (χ0) is 22.2. The number of nitrogens with one attached hydrogen (secondary N) is 2. The van der Waals surface area contributed by atoms with Crippen molar-refractivity contribution in [3.63, 3.8) is 0 Å². The van der Waals surface area contributed by atoms with E-state index in [0.29, 0.717) is 11.4 Å². The summed E-state index contributed by atoms with van der Waals surface area (Å²) < 4.78 is 24.9. The molecule has 0 saturated heterocycles. The lowest BCUT2D eigenvalue weighted by molar-refractivity contribution is 0.0467. The fourth-order valence-corrected chi connectivity index (χ4v) is 4.16. The Bertz CT molecular complexity index is 1160. The van der Waals surface area contributed by atoms with E-state index in [0.717, 1.165) is 33.5 Å². The molecule has 2 N–H and O–H groups in total. The Morgan fingerprint density at radius 1 is 1.13 bits per heavy atom. The van der Waals surface area contributed by atoms with E-state index in [4.69, 9.17) is 9.47 Å². The number of benzene rings is 2. The summed E-state index contributed by atoms with van der Waals surface area (Å²) >= 11 is 0. The first-order valence-electron chi connectivity index (χ1n) is 10.1. The lowest BCUT2D eigenvalue weighted by Crippen LogP contribution is -2.32. The Morgan fingerprint density at radius 2 is 1.90 bits per heavy atom. The molecule has 31 heavy (non-hydrogen) atoms. The molecule has 0 saturated carbocycles. The van der Waals surface area contributed by atoms with Crippen molar-refractivity contribution >= 4 is 17.2 Å². The van der Waals surface area contributed by atoms with Crippen LogP contribution in [0.4, 0.5) is 10.1 Å². The zero-order valence-electron chi connectivity index (χ0n) is 18.0. The molecule has 0 spiro atoms. The van der Waals surface area contributed by atoms with Crippen LogP contribution in [-0.2, 0) is 11.3 Å². The van der Waals surface area contributed by atoms with Crippen LogP contribution in [0.25, 0.3) is 16.7 Å². The third-order valence-electron chi connectivity index (χ3n) is 5.36. The summed E-state index contributed by atoms with van der Waals surface area (Å²) in [6.45, 7) is 6.30. The first-order valence-corrected chi connectivity index (χ1v) is 10.1. The largest absolute Gasteiger partial charge is 0.496 e. The number of hydrogen-bond acceptors (Lipinski definition) is 4. The van der Waals surface area contributed by atoms with Crippen molar-refractivity contribution in [2.45, 2.75) is 32.9 Å². The molecule has 1 aromatic heterocycles. The predicted molar refractivity (Wildman–Crippen MR) is 120 cm³/mol. The minimum Gasteiger partial charge on any atom is -0.496 e. The summed E-state index contributed by atoms with van der Waals surface area (Å²) in [6, 6.07) is 11.8. The highest BCUT2D eigenvalue weighted by molar-refractivity contribution is 5.90. The maximum atomic E-state index is 13.8. The normalized spacial score (nSPS) is 14.3. The van der Waals surface area contributed by atoms with Crippen LogP contribution in [0, 0.1) is 5.82 Å². The van der Waals surface area contributed by atoms with Gasteiger partial charge in [-0.15, -0.1) is 0 Å². The number of esters is 1. The molecule has 0 atom stereocenters. The molecule has 0 amide bonds. The third-order valence-corrected chi connectivity index (χ3v) is 5.36. The van der Waals surface area contributed by atoms with E-state index in [1.807, 2.05) is 19.1 Å². The Hall–Kier alpha value is -3.54. The van der Waals surface area contributed by atoms with Crippen molar-refractivity contribution in [3.05, 3.63) is 77.4 Å². The van der Waals surface area contributed by atoms with Crippen LogP contribution >= 0.6 is 0 Å². The number of carbonyl (C=O) groups is 1. The van der Waals surface area contributed by atoms with Gasteiger partial charge in [0.05, 0.1) is 12.6 Å². The second-order valence-corrected chi connectivity index (χ2v) is 8.19. The summed E-state index contributed by atoms with van der Waals surface area (Å²) in [5, 5.41) is 3.52. The summed E-state index contributed by atoms with van der Waals surface area (Å²) in [6.07, 6.45) is 3.83. The molecule has 0 fully saturated rings. The topological polar surface area (TPSA) is 63.4 Å². The average Bonchev–Trinajstić information content (AvgIpc) is 3.25. The van der Waals surface area contributed by atoms with Gasteiger partial charge in [0.1, 0.15) is 23.9 Å². The van der Waals surface area contributed by atoms with E-state index in [1.54, 1.807) is 24.4 Å². The van der Waals surface area contributed by atoms with Gasteiger partial charge in [-0.1, -0.05) is 12.1 Å². The van der Waals surface area contributed by atoms with Crippen LogP contribution < -0.4 is 10.1 Å². The van der Waals surface area contributed by atoms with Crippen LogP contribution in [0.1, 0.15) is 42.4 Å². The molecule has 2 heterocycles. The van der Waals surface area contributed by atoms with E-state index in [2.05, 4.69) is 30.2 Å². The lowest BCUT2D eigenvalue weighted by Gasteiger charge is -2.33. The Kier molecular flexibility index (Phi) is 5.31. The number of ether oxygens (including phenoxy) is 2. The number of hydrogen-bond donors (Lipinski definition) is 2. The molecule has 160 valence electrons. The van der Waals surface area contributed by atoms with Gasteiger partial charge in [0, 0.05) is 34.6 Å². The van der Waals surface area contributed by atoms with Gasteiger partial charge < -0.3 is 19.8 Å². The van der Waals surface area contributed by atoms with Crippen LogP contribution in [0.15, 0.2) is 54.7 Å². The molecule has 0 radical (unpaired) electrons. The van der Waals surface area contributed by atoms with Gasteiger partial charge in [-0.05, 0) is 62.2 Å². The molecule has 0 unspecified atom stereocenters. The average molecular weight is 420 g/mol. The monoisotopic (exact) mass is 420 g/mol. The first kappa shape index (κ1) is 20.7. The SMILES string of the molecule is COc1cc(F)ccc1-c1ccc2c(c1COC(=O)c1ccc[nH]1)C(C)=CC(C)(C)N2. The van der Waals surface area contributed by atoms with Gasteiger partial charge in [0.2, 0.25) is 0 Å². The molecule has 1 aliphatic heterocycles. The van der Waals surface area contributed by atoms with Gasteiger partial charge in [-0.25, -0.2) is 9.18 Å². The van der Waals surface area contributed by atoms with Crippen LogP contribution in [-0.4, -0.2) is 23.6 Å². The molecule has 2 aromatic carbocycles. The van der Waals surface area contributed by atoms with E-state index in [9.17, 15) is 9.18 Å². The molecule has 0 aliphatic carbocycles. The van der Waals surface area contributed by atoms with E-state index in [1.165, 1.54) is 19.2 Å². The minimum atomic E-state index is -0.439. The first-order chi connectivity index (χ1) is 14.8. The Balaban J connectivity index is 1.84. The highest BCUT2D eigenvalue weighted by Crippen LogP contribution is 2.42. The van der Waals surface area contributed by atoms with Gasteiger partial charge in [0.15, 0.2) is 0 Å². The lowest BCUT2D eigenvalue weighted by atomic mass is 9.85. The Morgan fingerprint density at radius 3 is 2.61 bits per heavy atom. The number of rotatable bonds is 5. The summed E-state index contributed by atoms with van der Waals surface area (Å²) in [7, 11) is 1.51. The molecule has 6 heteroatoms. The van der Waals surface area contributed by atoms with Crippen LogP contribution in [0.3, 0.4) is 0 Å². The fourth-order valence-electron chi connectivity index (χ4n) is 4.16. The number of halogens is 1. The Labute approximate surface area is 180 Å². The summed E-state index contributed by atoms with van der Waals surface area (Å²) in [5.74, 6) is -0.397. The molecular formula is C25H25FN2O3. The molecular weight excluding hydrogens is 395 g/mol. The van der Waals surface area contributed by atoms with E-state index < -0.39 is 5.97 Å². The number of fused-ring (bicyclic) bond motifs is 1. The summed E-state index contributed by atoms with van der Waals surface area (Å²) in [4.78, 5) is 15.4. The smallest absolute Gasteiger partial charge is 0.355 e. The van der Waals surface area contributed by atoms with Crippen molar-refractivity contribution < 1.29 is 18.7 Å². The maximum absolute atomic E-state index is 13.8. The van der Waals surface area contributed by atoms with Crippen molar-refractivity contribution in [2.24, 2.45) is 0 Å². The van der Waals surface area contributed by atoms with Crippen molar-refractivity contribution in [1.82, 2.24) is 4.98 Å². The molecule has 0 bridgehead atoms. The number of aromatic nitrogens is 1. The zero-order valence-corrected chi connectivity index (χ0v) is 18.0. The van der Waals surface area contributed by atoms with Gasteiger partial charge in [0.25, 0.3) is 0 Å². The van der Waals surface area contributed by atoms with Crippen molar-refractivity contribution in [1.29, 1.82) is 0 Å². The third kappa shape index (κ3) is 4.06. The van der Waals surface area contributed by atoms with Crippen molar-refractivity contribution in [3.8, 4) is 16.9 Å². The number of H-pyrrole nitrogens is 1. The number of allylic oxidation sites excluding steroid dienone is 1. The highest BCUT2D eigenvalue weighted by Gasteiger charge is 2.27. The molecule has 1 aliphatic rings. The quantitative estimate of drug-likeness (QED) is 0.513. The number of anilines is 1. The number of carbonyl (C=O) groups excluding carboxylic acids is 1. The molecule has 5 nitrogen and oxygen atoms in total. The standard InChI is InChI=1S/C25H25FN2O3/c1-15-13-25(2,3)28-20-10-9-17(18-8-7-16(26)12-22(18)30-4)19(23(15)20)14-31-24(29)21-6-5-11-27-21/h5-13,27-28H,14H2,1-4H3. The van der Waals surface area contributed by atoms with Gasteiger partial charge in [-0.3, -0.25) is 0 Å². The second-order valence-electron chi connectivity index (χ2n) is 8.19. The van der Waals surface area contributed by atoms with Gasteiger partial charge in [-0.2, -0.15) is 0 Å². The molecule has 3 aromatic rings. The van der Waals surface area contributed by atoms with Gasteiger partial charge >= 0.3 is 5.97 Å². The van der Waals surface area contributed by atoms with Crippen molar-refractivity contribution in [2.75, 3.05) is 12.4 Å². The number of aromatic amines is 1. The fraction of sp³-hybridized carbons (Fsp3) is 0.240. The van der Waals surface area contributed by atoms with Crippen LogP contribution in [0.2, 0.25) is 0 Å². The summed E-state index contributed by atoms with van der Waals surface area (Å²) in [5.41, 5.74) is 5.58.